The maximum atomic E-state index is 12.9. The Bertz CT molecular complexity index is 1030. The van der Waals surface area contributed by atoms with Crippen molar-refractivity contribution in [3.8, 4) is 22.1 Å². The molecule has 1 saturated heterocycles. The smallest absolute Gasteiger partial charge is 0.273 e. The number of carbonyl (C=O) groups is 1. The largest absolute Gasteiger partial charge is 0.493 e. The zero-order valence-electron chi connectivity index (χ0n) is 16.8. The fourth-order valence-corrected chi connectivity index (χ4v) is 4.37. The van der Waals surface area contributed by atoms with Crippen molar-refractivity contribution in [1.82, 2.24) is 9.88 Å². The third kappa shape index (κ3) is 4.22. The Hall–Kier alpha value is -2.77. The van der Waals surface area contributed by atoms with Gasteiger partial charge < -0.3 is 19.3 Å². The highest BCUT2D eigenvalue weighted by molar-refractivity contribution is 7.13. The lowest BCUT2D eigenvalue weighted by molar-refractivity contribution is 0.0742. The summed E-state index contributed by atoms with van der Waals surface area (Å²) in [7, 11) is 3.20. The molecule has 156 valence electrons. The maximum Gasteiger partial charge on any atom is 0.273 e. The summed E-state index contributed by atoms with van der Waals surface area (Å²) in [6, 6.07) is 13.4. The van der Waals surface area contributed by atoms with Crippen LogP contribution < -0.4 is 14.4 Å². The van der Waals surface area contributed by atoms with E-state index in [1.807, 2.05) is 52.7 Å². The number of thiazole rings is 1. The van der Waals surface area contributed by atoms with Gasteiger partial charge in [-0.3, -0.25) is 4.79 Å². The first-order valence-corrected chi connectivity index (χ1v) is 10.8. The quantitative estimate of drug-likeness (QED) is 0.583. The second kappa shape index (κ2) is 8.93. The molecule has 1 aromatic heterocycles. The van der Waals surface area contributed by atoms with Crippen molar-refractivity contribution in [3.05, 3.63) is 58.6 Å². The molecule has 4 rings (SSSR count). The summed E-state index contributed by atoms with van der Waals surface area (Å²) in [5.41, 5.74) is 2.49. The van der Waals surface area contributed by atoms with Crippen LogP contribution in [0.25, 0.3) is 10.6 Å². The molecule has 1 amide bonds. The Morgan fingerprint density at radius 2 is 1.70 bits per heavy atom. The van der Waals surface area contributed by atoms with Crippen LogP contribution in [0.4, 0.5) is 5.69 Å². The standard InChI is InChI=1S/C22H22ClN3O3S/c1-28-19-8-3-15(13-20(19)29-2)21-24-18(14-30-21)22(27)26-11-9-25(10-12-26)17-6-4-16(23)5-7-17/h3-8,13-14H,9-12H2,1-2H3. The molecule has 0 aliphatic carbocycles. The van der Waals surface area contributed by atoms with Gasteiger partial charge in [-0.2, -0.15) is 0 Å². The normalized spacial score (nSPS) is 14.0. The number of aromatic nitrogens is 1. The fraction of sp³-hybridized carbons (Fsp3) is 0.273. The highest BCUT2D eigenvalue weighted by Gasteiger charge is 2.24. The number of ether oxygens (including phenoxy) is 2. The molecule has 2 aromatic carbocycles. The molecule has 0 atom stereocenters. The molecule has 30 heavy (non-hydrogen) atoms. The number of methoxy groups -OCH3 is 2. The van der Waals surface area contributed by atoms with Gasteiger partial charge in [0.05, 0.1) is 14.2 Å². The lowest BCUT2D eigenvalue weighted by Gasteiger charge is -2.35. The number of hydrogen-bond acceptors (Lipinski definition) is 6. The molecule has 1 aliphatic rings. The predicted molar refractivity (Wildman–Crippen MR) is 120 cm³/mol. The second-order valence-corrected chi connectivity index (χ2v) is 8.16. The number of amides is 1. The second-order valence-electron chi connectivity index (χ2n) is 6.86. The van der Waals surface area contributed by atoms with E-state index in [1.54, 1.807) is 14.2 Å². The Balaban J connectivity index is 1.43. The van der Waals surface area contributed by atoms with E-state index in [4.69, 9.17) is 21.1 Å². The summed E-state index contributed by atoms with van der Waals surface area (Å²) >= 11 is 7.42. The third-order valence-electron chi connectivity index (χ3n) is 5.11. The van der Waals surface area contributed by atoms with Crippen molar-refractivity contribution in [3.63, 3.8) is 0 Å². The van der Waals surface area contributed by atoms with Gasteiger partial charge in [0.25, 0.3) is 5.91 Å². The minimum absolute atomic E-state index is 0.0336. The number of hydrogen-bond donors (Lipinski definition) is 0. The third-order valence-corrected chi connectivity index (χ3v) is 6.26. The van der Waals surface area contributed by atoms with Crippen LogP contribution in [-0.2, 0) is 0 Å². The van der Waals surface area contributed by atoms with Crippen LogP contribution in [0.1, 0.15) is 10.5 Å². The van der Waals surface area contributed by atoms with Gasteiger partial charge in [-0.05, 0) is 42.5 Å². The summed E-state index contributed by atoms with van der Waals surface area (Å²) in [6.07, 6.45) is 0. The highest BCUT2D eigenvalue weighted by Crippen LogP contribution is 2.33. The van der Waals surface area contributed by atoms with Gasteiger partial charge >= 0.3 is 0 Å². The van der Waals surface area contributed by atoms with Gasteiger partial charge in [-0.25, -0.2) is 4.98 Å². The minimum Gasteiger partial charge on any atom is -0.493 e. The van der Waals surface area contributed by atoms with Crippen LogP contribution in [0.5, 0.6) is 11.5 Å². The van der Waals surface area contributed by atoms with Crippen LogP contribution in [0, 0.1) is 0 Å². The molecule has 6 nitrogen and oxygen atoms in total. The maximum absolute atomic E-state index is 12.9. The summed E-state index contributed by atoms with van der Waals surface area (Å²) < 4.78 is 10.6. The van der Waals surface area contributed by atoms with E-state index in [9.17, 15) is 4.79 Å². The first-order chi connectivity index (χ1) is 14.6. The van der Waals surface area contributed by atoms with Crippen molar-refractivity contribution in [2.24, 2.45) is 0 Å². The monoisotopic (exact) mass is 443 g/mol. The van der Waals surface area contributed by atoms with Crippen molar-refractivity contribution >= 4 is 34.5 Å². The van der Waals surface area contributed by atoms with Crippen LogP contribution in [0.3, 0.4) is 0 Å². The number of carbonyl (C=O) groups excluding carboxylic acids is 1. The first-order valence-electron chi connectivity index (χ1n) is 9.57. The Morgan fingerprint density at radius 1 is 1.00 bits per heavy atom. The van der Waals surface area contributed by atoms with Gasteiger partial charge in [0.2, 0.25) is 0 Å². The molecule has 0 unspecified atom stereocenters. The molecule has 1 aliphatic heterocycles. The fourth-order valence-electron chi connectivity index (χ4n) is 3.46. The van der Waals surface area contributed by atoms with E-state index < -0.39 is 0 Å². The molecule has 0 bridgehead atoms. The van der Waals surface area contributed by atoms with Crippen molar-refractivity contribution in [1.29, 1.82) is 0 Å². The topological polar surface area (TPSA) is 54.9 Å². The van der Waals surface area contributed by atoms with Crippen LogP contribution in [-0.4, -0.2) is 56.2 Å². The molecule has 0 spiro atoms. The lowest BCUT2D eigenvalue weighted by atomic mass is 10.2. The van der Waals surface area contributed by atoms with E-state index in [-0.39, 0.29) is 5.91 Å². The van der Waals surface area contributed by atoms with Crippen LogP contribution >= 0.6 is 22.9 Å². The number of piperazine rings is 1. The number of benzene rings is 2. The van der Waals surface area contributed by atoms with Crippen molar-refractivity contribution in [2.45, 2.75) is 0 Å². The summed E-state index contributed by atoms with van der Waals surface area (Å²) in [5.74, 6) is 1.26. The minimum atomic E-state index is -0.0336. The van der Waals surface area contributed by atoms with Crippen molar-refractivity contribution in [2.75, 3.05) is 45.3 Å². The predicted octanol–water partition coefficient (Wildman–Crippen LogP) is 4.44. The van der Waals surface area contributed by atoms with Crippen LogP contribution in [0.2, 0.25) is 5.02 Å². The first kappa shape index (κ1) is 20.5. The van der Waals surface area contributed by atoms with Gasteiger partial charge in [0.15, 0.2) is 11.5 Å². The molecule has 1 fully saturated rings. The van der Waals surface area contributed by atoms with E-state index in [1.165, 1.54) is 11.3 Å². The van der Waals surface area contributed by atoms with E-state index >= 15 is 0 Å². The van der Waals surface area contributed by atoms with E-state index in [0.29, 0.717) is 30.3 Å². The Labute approximate surface area is 184 Å². The zero-order chi connectivity index (χ0) is 21.1. The SMILES string of the molecule is COc1ccc(-c2nc(C(=O)N3CCN(c4ccc(Cl)cc4)CC3)cs2)cc1OC. The molecule has 8 heteroatoms. The van der Waals surface area contributed by atoms with Gasteiger partial charge in [-0.1, -0.05) is 11.6 Å². The van der Waals surface area contributed by atoms with Gasteiger partial charge in [0, 0.05) is 47.8 Å². The summed E-state index contributed by atoms with van der Waals surface area (Å²) in [4.78, 5) is 21.6. The van der Waals surface area contributed by atoms with Crippen LogP contribution in [0.15, 0.2) is 47.8 Å². The molecule has 0 N–H and O–H groups in total. The van der Waals surface area contributed by atoms with Crippen molar-refractivity contribution < 1.29 is 14.3 Å². The van der Waals surface area contributed by atoms with E-state index in [2.05, 4.69) is 9.88 Å². The number of halogens is 1. The summed E-state index contributed by atoms with van der Waals surface area (Å²) in [6.45, 7) is 2.87. The zero-order valence-corrected chi connectivity index (χ0v) is 18.4. The number of rotatable bonds is 5. The van der Waals surface area contributed by atoms with Gasteiger partial charge in [-0.15, -0.1) is 11.3 Å². The molecular formula is C22H22ClN3O3S. The average molecular weight is 444 g/mol. The molecule has 0 saturated carbocycles. The van der Waals surface area contributed by atoms with E-state index in [0.717, 1.165) is 34.4 Å². The Kier molecular flexibility index (Phi) is 6.11. The number of anilines is 1. The summed E-state index contributed by atoms with van der Waals surface area (Å²) in [5, 5.41) is 3.32. The average Bonchev–Trinajstić information content (AvgIpc) is 3.29. The highest BCUT2D eigenvalue weighted by atomic mass is 35.5. The molecular weight excluding hydrogens is 422 g/mol. The van der Waals surface area contributed by atoms with Gasteiger partial charge in [0.1, 0.15) is 10.7 Å². The number of nitrogens with zero attached hydrogens (tertiary/aromatic N) is 3. The molecule has 0 radical (unpaired) electrons. The molecule has 3 aromatic rings. The lowest BCUT2D eigenvalue weighted by Crippen LogP contribution is -2.48. The molecule has 2 heterocycles. The Morgan fingerprint density at radius 3 is 2.37 bits per heavy atom.